The van der Waals surface area contributed by atoms with Gasteiger partial charge in [0, 0.05) is 12.0 Å². The minimum atomic E-state index is -2.26. The predicted octanol–water partition coefficient (Wildman–Crippen LogP) is 1.79. The zero-order valence-corrected chi connectivity index (χ0v) is 9.95. The molecule has 2 atom stereocenters. The lowest BCUT2D eigenvalue weighted by atomic mass is 9.82. The minimum absolute atomic E-state index is 0.756. The first kappa shape index (κ1) is 15.0. The van der Waals surface area contributed by atoms with Crippen molar-refractivity contribution in [2.24, 2.45) is 10.5 Å². The van der Waals surface area contributed by atoms with Crippen LogP contribution in [0.15, 0.2) is 5.11 Å². The lowest BCUT2D eigenvalue weighted by molar-refractivity contribution is -0.791. The Morgan fingerprint density at radius 3 is 2.35 bits per heavy atom. The summed E-state index contributed by atoms with van der Waals surface area (Å²) < 4.78 is 4.75. The third kappa shape index (κ3) is 3.48. The molecule has 0 saturated carbocycles. The molecule has 0 aromatic rings. The molecule has 0 aromatic carbocycles. The van der Waals surface area contributed by atoms with E-state index in [0.717, 1.165) is 7.11 Å². The number of hydrogen-bond acceptors (Lipinski definition) is 6. The fraction of sp³-hybridized carbons (Fsp3) is 0.875. The van der Waals surface area contributed by atoms with E-state index in [1.807, 2.05) is 0 Å². The van der Waals surface area contributed by atoms with Crippen molar-refractivity contribution in [3.8, 4) is 6.07 Å². The van der Waals surface area contributed by atoms with Crippen molar-refractivity contribution < 1.29 is 14.7 Å². The molecule has 0 aliphatic rings. The van der Waals surface area contributed by atoms with Gasteiger partial charge in [-0.25, -0.2) is 0 Å². The lowest BCUT2D eigenvalue weighted by Crippen LogP contribution is -2.51. The van der Waals surface area contributed by atoms with Crippen molar-refractivity contribution >= 4 is 0 Å². The summed E-state index contributed by atoms with van der Waals surface area (Å²) in [5.41, 5.74) is 7.70. The molecule has 0 fully saturated rings. The Bertz CT molecular complexity index is 378. The monoisotopic (exact) mass is 243 g/mol. The fourth-order valence-corrected chi connectivity index (χ4v) is 1.31. The standard InChI is InChI=1S/C8H13N5O4/c1-7(2,3)6(11-12-10)8(5-9,16-4)17-13(14)15/h6H,1-4H3. The summed E-state index contributed by atoms with van der Waals surface area (Å²) in [5.74, 6) is -2.26. The van der Waals surface area contributed by atoms with Gasteiger partial charge in [0.15, 0.2) is 0 Å². The van der Waals surface area contributed by atoms with Crippen LogP contribution in [0.2, 0.25) is 0 Å². The summed E-state index contributed by atoms with van der Waals surface area (Å²) in [6, 6.07) is 0.357. The number of nitrogens with zero attached hydrogens (tertiary/aromatic N) is 5. The predicted molar refractivity (Wildman–Crippen MR) is 55.8 cm³/mol. The molecule has 0 aliphatic heterocycles. The van der Waals surface area contributed by atoms with Gasteiger partial charge in [-0.2, -0.15) is 5.26 Å². The van der Waals surface area contributed by atoms with Gasteiger partial charge in [0.25, 0.3) is 5.09 Å². The molecule has 2 unspecified atom stereocenters. The van der Waals surface area contributed by atoms with Crippen molar-refractivity contribution in [1.82, 2.24) is 0 Å². The van der Waals surface area contributed by atoms with Crippen LogP contribution in [-0.2, 0) is 9.57 Å². The summed E-state index contributed by atoms with van der Waals surface area (Å²) in [4.78, 5) is 17.2. The van der Waals surface area contributed by atoms with Crippen LogP contribution in [0, 0.1) is 26.9 Å². The molecule has 0 rings (SSSR count). The molecule has 0 bridgehead atoms. The van der Waals surface area contributed by atoms with Crippen molar-refractivity contribution in [3.05, 3.63) is 20.6 Å². The number of azide groups is 1. The molecule has 94 valence electrons. The van der Waals surface area contributed by atoms with Crippen LogP contribution in [0.4, 0.5) is 0 Å². The maximum Gasteiger partial charge on any atom is 0.312 e. The molecule has 0 saturated heterocycles. The first-order valence-corrected chi connectivity index (χ1v) is 4.57. The SMILES string of the molecule is COC(C#N)(O[N+](=O)[O-])C(N=[N+]=[N-])C(C)(C)C. The molecule has 0 amide bonds. The van der Waals surface area contributed by atoms with E-state index < -0.39 is 22.3 Å². The first-order valence-electron chi connectivity index (χ1n) is 4.57. The lowest BCUT2D eigenvalue weighted by Gasteiger charge is -2.36. The largest absolute Gasteiger partial charge is 0.342 e. The average Bonchev–Trinajstić information content (AvgIpc) is 2.21. The Morgan fingerprint density at radius 1 is 1.59 bits per heavy atom. The summed E-state index contributed by atoms with van der Waals surface area (Å²) in [6.45, 7) is 4.92. The van der Waals surface area contributed by atoms with Gasteiger partial charge in [-0.3, -0.25) is 4.84 Å². The quantitative estimate of drug-likeness (QED) is 0.181. The molecule has 0 N–H and O–H groups in total. The van der Waals surface area contributed by atoms with E-state index in [-0.39, 0.29) is 0 Å². The average molecular weight is 243 g/mol. The summed E-state index contributed by atoms with van der Waals surface area (Å²) in [7, 11) is 1.07. The van der Waals surface area contributed by atoms with Crippen LogP contribution in [0.5, 0.6) is 0 Å². The van der Waals surface area contributed by atoms with E-state index in [0.29, 0.717) is 0 Å². The normalized spacial score (nSPS) is 15.9. The van der Waals surface area contributed by atoms with Crippen LogP contribution in [-0.4, -0.2) is 24.0 Å². The maximum atomic E-state index is 10.4. The highest BCUT2D eigenvalue weighted by atomic mass is 17.0. The Balaban J connectivity index is 5.62. The van der Waals surface area contributed by atoms with E-state index in [1.54, 1.807) is 20.8 Å². The molecular weight excluding hydrogens is 230 g/mol. The van der Waals surface area contributed by atoms with Crippen molar-refractivity contribution in [2.75, 3.05) is 7.11 Å². The molecule has 0 aliphatic carbocycles. The summed E-state index contributed by atoms with van der Waals surface area (Å²) in [6.07, 6.45) is 0. The minimum Gasteiger partial charge on any atom is -0.342 e. The Labute approximate surface area is 97.7 Å². The zero-order chi connectivity index (χ0) is 13.7. The van der Waals surface area contributed by atoms with E-state index >= 15 is 0 Å². The summed E-state index contributed by atoms with van der Waals surface area (Å²) >= 11 is 0. The van der Waals surface area contributed by atoms with Crippen molar-refractivity contribution in [3.63, 3.8) is 0 Å². The van der Waals surface area contributed by atoms with Crippen LogP contribution in [0.3, 0.4) is 0 Å². The topological polar surface area (TPSA) is 134 Å². The van der Waals surface area contributed by atoms with Gasteiger partial charge >= 0.3 is 5.79 Å². The van der Waals surface area contributed by atoms with Crippen LogP contribution < -0.4 is 0 Å². The van der Waals surface area contributed by atoms with E-state index in [4.69, 9.17) is 15.5 Å². The van der Waals surface area contributed by atoms with E-state index in [1.165, 1.54) is 6.07 Å². The molecular formula is C8H13N5O4. The molecule has 0 spiro atoms. The van der Waals surface area contributed by atoms with Crippen molar-refractivity contribution in [1.29, 1.82) is 5.26 Å². The number of nitriles is 1. The highest BCUT2D eigenvalue weighted by molar-refractivity contribution is 5.06. The summed E-state index contributed by atoms with van der Waals surface area (Å²) in [5, 5.41) is 21.6. The smallest absolute Gasteiger partial charge is 0.312 e. The van der Waals surface area contributed by atoms with Gasteiger partial charge < -0.3 is 4.74 Å². The second-order valence-electron chi connectivity index (χ2n) is 4.27. The van der Waals surface area contributed by atoms with Gasteiger partial charge in [0.05, 0.1) is 0 Å². The molecule has 9 nitrogen and oxygen atoms in total. The molecule has 9 heteroatoms. The number of rotatable bonds is 5. The third-order valence-corrected chi connectivity index (χ3v) is 2.02. The Hall–Kier alpha value is -2.04. The third-order valence-electron chi connectivity index (χ3n) is 2.02. The molecule has 0 aromatic heterocycles. The van der Waals surface area contributed by atoms with E-state index in [2.05, 4.69) is 14.9 Å². The number of ether oxygens (including phenoxy) is 1. The van der Waals surface area contributed by atoms with Crippen LogP contribution in [0.1, 0.15) is 20.8 Å². The molecule has 0 radical (unpaired) electrons. The number of methoxy groups -OCH3 is 1. The first-order chi connectivity index (χ1) is 7.73. The van der Waals surface area contributed by atoms with Crippen LogP contribution >= 0.6 is 0 Å². The fourth-order valence-electron chi connectivity index (χ4n) is 1.31. The molecule has 17 heavy (non-hydrogen) atoms. The van der Waals surface area contributed by atoms with Crippen molar-refractivity contribution in [2.45, 2.75) is 32.6 Å². The highest BCUT2D eigenvalue weighted by Crippen LogP contribution is 2.34. The van der Waals surface area contributed by atoms with Gasteiger partial charge in [-0.05, 0) is 10.9 Å². The van der Waals surface area contributed by atoms with E-state index in [9.17, 15) is 10.1 Å². The Kier molecular flexibility index (Phi) is 4.70. The zero-order valence-electron chi connectivity index (χ0n) is 9.95. The second kappa shape index (κ2) is 5.34. The van der Waals surface area contributed by atoms with Gasteiger partial charge in [-0.1, -0.05) is 25.9 Å². The maximum absolute atomic E-state index is 10.4. The second-order valence-corrected chi connectivity index (χ2v) is 4.27. The Morgan fingerprint density at radius 2 is 2.12 bits per heavy atom. The highest BCUT2D eigenvalue weighted by Gasteiger charge is 2.49. The van der Waals surface area contributed by atoms with Gasteiger partial charge in [0.2, 0.25) is 0 Å². The molecule has 0 heterocycles. The van der Waals surface area contributed by atoms with Gasteiger partial charge in [-0.15, -0.1) is 10.1 Å². The number of hydrogen-bond donors (Lipinski definition) is 0. The van der Waals surface area contributed by atoms with Gasteiger partial charge in [0.1, 0.15) is 12.1 Å². The van der Waals surface area contributed by atoms with Crippen LogP contribution in [0.25, 0.3) is 10.4 Å².